The molecule has 0 aromatic heterocycles. The minimum absolute atomic E-state index is 0.567. The van der Waals surface area contributed by atoms with Gasteiger partial charge >= 0.3 is 0 Å². The Bertz CT molecular complexity index is 439. The summed E-state index contributed by atoms with van der Waals surface area (Å²) >= 11 is 0. The third kappa shape index (κ3) is 41.7. The van der Waals surface area contributed by atoms with Gasteiger partial charge in [-0.15, -0.1) is 0 Å². The number of unbranched alkanes of at least 4 members (excludes halogenated alkanes) is 19. The van der Waals surface area contributed by atoms with Crippen LogP contribution in [0.4, 0.5) is 0 Å². The molecule has 0 saturated carbocycles. The standard InChI is InChI=1S/C37H76O7/c1-3-5-7-9-10-11-12-13-14-15-16-17-18-19-21-23-25-39-27-29-41-31-33-43-35-37-44-36-34-42-32-30-40-28-26-38-24-22-20-8-6-4-2/h3-37H2,1-2H3. The molecule has 0 rings (SSSR count). The Balaban J connectivity index is 3.03. The molecule has 0 bridgehead atoms. The lowest BCUT2D eigenvalue weighted by Crippen LogP contribution is -2.14. The third-order valence-corrected chi connectivity index (χ3v) is 7.77. The van der Waals surface area contributed by atoms with E-state index >= 15 is 0 Å². The molecule has 0 atom stereocenters. The van der Waals surface area contributed by atoms with Crippen LogP contribution in [0.5, 0.6) is 0 Å². The van der Waals surface area contributed by atoms with Crippen molar-refractivity contribution in [1.29, 1.82) is 0 Å². The van der Waals surface area contributed by atoms with E-state index in [0.717, 1.165) is 26.1 Å². The predicted octanol–water partition coefficient (Wildman–Crippen LogP) is 9.33. The van der Waals surface area contributed by atoms with Gasteiger partial charge < -0.3 is 33.2 Å². The zero-order chi connectivity index (χ0) is 31.7. The molecule has 266 valence electrons. The van der Waals surface area contributed by atoms with E-state index in [1.807, 2.05) is 0 Å². The molecule has 0 aliphatic carbocycles. The van der Waals surface area contributed by atoms with Crippen molar-refractivity contribution in [1.82, 2.24) is 0 Å². The average molecular weight is 633 g/mol. The molecule has 0 aromatic rings. The summed E-state index contributed by atoms with van der Waals surface area (Å²) in [4.78, 5) is 0. The van der Waals surface area contributed by atoms with E-state index in [9.17, 15) is 0 Å². The molecule has 7 heteroatoms. The first kappa shape index (κ1) is 43.7. The molecule has 0 saturated heterocycles. The van der Waals surface area contributed by atoms with Gasteiger partial charge in [0.1, 0.15) is 0 Å². The minimum Gasteiger partial charge on any atom is -0.379 e. The molecular weight excluding hydrogens is 556 g/mol. The molecule has 0 unspecified atom stereocenters. The van der Waals surface area contributed by atoms with Crippen molar-refractivity contribution in [2.45, 2.75) is 149 Å². The van der Waals surface area contributed by atoms with Gasteiger partial charge in [0.2, 0.25) is 0 Å². The molecule has 0 spiro atoms. The SMILES string of the molecule is CCCCCCCCCCCCCCCCCCOCCOCCOCCOCCOCCOCCOCCCCCCC. The van der Waals surface area contributed by atoms with Gasteiger partial charge in [0.05, 0.1) is 79.3 Å². The van der Waals surface area contributed by atoms with Crippen LogP contribution < -0.4 is 0 Å². The van der Waals surface area contributed by atoms with Gasteiger partial charge in [0.15, 0.2) is 0 Å². The monoisotopic (exact) mass is 633 g/mol. The van der Waals surface area contributed by atoms with Gasteiger partial charge in [-0.25, -0.2) is 0 Å². The second-order valence-electron chi connectivity index (χ2n) is 12.0. The van der Waals surface area contributed by atoms with Gasteiger partial charge in [-0.3, -0.25) is 0 Å². The lowest BCUT2D eigenvalue weighted by atomic mass is 10.0. The van der Waals surface area contributed by atoms with Crippen LogP contribution in [0.15, 0.2) is 0 Å². The zero-order valence-corrected chi connectivity index (χ0v) is 29.6. The first-order valence-corrected chi connectivity index (χ1v) is 19.0. The van der Waals surface area contributed by atoms with E-state index in [1.165, 1.54) is 122 Å². The highest BCUT2D eigenvalue weighted by Gasteiger charge is 1.97. The van der Waals surface area contributed by atoms with Crippen LogP contribution >= 0.6 is 0 Å². The predicted molar refractivity (Wildman–Crippen MR) is 184 cm³/mol. The first-order valence-electron chi connectivity index (χ1n) is 19.0. The van der Waals surface area contributed by atoms with E-state index in [1.54, 1.807) is 0 Å². The van der Waals surface area contributed by atoms with Crippen LogP contribution in [0.25, 0.3) is 0 Å². The summed E-state index contributed by atoms with van der Waals surface area (Å²) < 4.78 is 38.9. The Morgan fingerprint density at radius 1 is 0.182 bits per heavy atom. The normalized spacial score (nSPS) is 11.6. The Hall–Kier alpha value is -0.280. The van der Waals surface area contributed by atoms with E-state index in [0.29, 0.717) is 79.3 Å². The number of rotatable bonds is 41. The third-order valence-electron chi connectivity index (χ3n) is 7.77. The summed E-state index contributed by atoms with van der Waals surface area (Å²) in [6, 6.07) is 0. The Labute approximate surface area is 274 Å². The fourth-order valence-corrected chi connectivity index (χ4v) is 4.98. The second kappa shape index (κ2) is 42.7. The smallest absolute Gasteiger partial charge is 0.0701 e. The Morgan fingerprint density at radius 2 is 0.341 bits per heavy atom. The minimum atomic E-state index is 0.567. The topological polar surface area (TPSA) is 64.6 Å². The lowest BCUT2D eigenvalue weighted by molar-refractivity contribution is -0.0206. The van der Waals surface area contributed by atoms with Crippen LogP contribution in [-0.4, -0.2) is 92.5 Å². The molecule has 7 nitrogen and oxygen atoms in total. The van der Waals surface area contributed by atoms with Crippen molar-refractivity contribution in [2.24, 2.45) is 0 Å². The molecule has 0 radical (unpaired) electrons. The van der Waals surface area contributed by atoms with E-state index < -0.39 is 0 Å². The lowest BCUT2D eigenvalue weighted by Gasteiger charge is -2.08. The van der Waals surface area contributed by atoms with Crippen molar-refractivity contribution in [3.8, 4) is 0 Å². The summed E-state index contributed by atoms with van der Waals surface area (Å²) in [5, 5.41) is 0. The Morgan fingerprint density at radius 3 is 0.545 bits per heavy atom. The van der Waals surface area contributed by atoms with Crippen molar-refractivity contribution in [3.05, 3.63) is 0 Å². The quantitative estimate of drug-likeness (QED) is 0.0622. The maximum atomic E-state index is 5.69. The van der Waals surface area contributed by atoms with Gasteiger partial charge in [0.25, 0.3) is 0 Å². The van der Waals surface area contributed by atoms with E-state index in [2.05, 4.69) is 13.8 Å². The van der Waals surface area contributed by atoms with Crippen molar-refractivity contribution in [2.75, 3.05) is 92.5 Å². The number of hydrogen-bond acceptors (Lipinski definition) is 7. The zero-order valence-electron chi connectivity index (χ0n) is 29.6. The second-order valence-corrected chi connectivity index (χ2v) is 12.0. The summed E-state index contributed by atoms with van der Waals surface area (Å²) in [5.74, 6) is 0. The number of hydrogen-bond donors (Lipinski definition) is 0. The number of ether oxygens (including phenoxy) is 7. The molecule has 0 heterocycles. The summed E-state index contributed by atoms with van der Waals surface area (Å²) in [6.07, 6.45) is 28.7. The van der Waals surface area contributed by atoms with Crippen molar-refractivity contribution in [3.63, 3.8) is 0 Å². The highest BCUT2D eigenvalue weighted by molar-refractivity contribution is 4.50. The molecule has 44 heavy (non-hydrogen) atoms. The highest BCUT2D eigenvalue weighted by atomic mass is 16.6. The molecule has 0 N–H and O–H groups in total. The van der Waals surface area contributed by atoms with Gasteiger partial charge in [-0.05, 0) is 12.8 Å². The summed E-state index contributed by atoms with van der Waals surface area (Å²) in [7, 11) is 0. The van der Waals surface area contributed by atoms with Crippen LogP contribution in [0.3, 0.4) is 0 Å². The largest absolute Gasteiger partial charge is 0.379 e. The Kier molecular flexibility index (Phi) is 42.4. The maximum absolute atomic E-state index is 5.69. The summed E-state index contributed by atoms with van der Waals surface area (Å²) in [6.45, 7) is 13.4. The summed E-state index contributed by atoms with van der Waals surface area (Å²) in [5.41, 5.74) is 0. The van der Waals surface area contributed by atoms with Gasteiger partial charge in [-0.2, -0.15) is 0 Å². The van der Waals surface area contributed by atoms with Crippen molar-refractivity contribution >= 4 is 0 Å². The fraction of sp³-hybridized carbons (Fsp3) is 1.00. The maximum Gasteiger partial charge on any atom is 0.0701 e. The highest BCUT2D eigenvalue weighted by Crippen LogP contribution is 2.13. The van der Waals surface area contributed by atoms with Crippen LogP contribution in [-0.2, 0) is 33.2 Å². The fourth-order valence-electron chi connectivity index (χ4n) is 4.98. The molecule has 0 amide bonds. The molecule has 0 aliphatic rings. The van der Waals surface area contributed by atoms with Crippen LogP contribution in [0.1, 0.15) is 149 Å². The first-order chi connectivity index (χ1) is 21.9. The van der Waals surface area contributed by atoms with Gasteiger partial charge in [-0.1, -0.05) is 136 Å². The molecule has 0 aliphatic heterocycles. The van der Waals surface area contributed by atoms with Crippen molar-refractivity contribution < 1.29 is 33.2 Å². The molecule has 0 aromatic carbocycles. The van der Waals surface area contributed by atoms with Gasteiger partial charge in [0, 0.05) is 13.2 Å². The van der Waals surface area contributed by atoms with E-state index in [4.69, 9.17) is 33.2 Å². The van der Waals surface area contributed by atoms with Crippen LogP contribution in [0, 0.1) is 0 Å². The average Bonchev–Trinajstić information content (AvgIpc) is 3.04. The molecular formula is C37H76O7. The molecule has 0 fully saturated rings. The van der Waals surface area contributed by atoms with Crippen LogP contribution in [0.2, 0.25) is 0 Å². The van der Waals surface area contributed by atoms with E-state index in [-0.39, 0.29) is 0 Å².